The monoisotopic (exact) mass is 405 g/mol. The summed E-state index contributed by atoms with van der Waals surface area (Å²) in [6.45, 7) is 6.28. The summed E-state index contributed by atoms with van der Waals surface area (Å²) in [7, 11) is 0. The fourth-order valence-electron chi connectivity index (χ4n) is 6.64. The van der Waals surface area contributed by atoms with Crippen LogP contribution in [0, 0.1) is 0 Å². The van der Waals surface area contributed by atoms with Gasteiger partial charge in [0.15, 0.2) is 0 Å². The molecule has 0 spiro atoms. The van der Waals surface area contributed by atoms with Gasteiger partial charge in [0.05, 0.1) is 6.61 Å². The Kier molecular flexibility index (Phi) is 6.67. The molecule has 0 N–H and O–H groups in total. The molecule has 1 aliphatic carbocycles. The molecule has 2 atom stereocenters. The van der Waals surface area contributed by atoms with Crippen molar-refractivity contribution < 1.29 is 14.3 Å². The Morgan fingerprint density at radius 3 is 2.00 bits per heavy atom. The van der Waals surface area contributed by atoms with Crippen molar-refractivity contribution in [2.24, 2.45) is 0 Å². The molecule has 0 radical (unpaired) electrons. The maximum atomic E-state index is 12.4. The third kappa shape index (κ3) is 4.42. The van der Waals surface area contributed by atoms with E-state index >= 15 is 0 Å². The maximum absolute atomic E-state index is 12.4. The summed E-state index contributed by atoms with van der Waals surface area (Å²) in [4.78, 5) is 31.7. The average molecular weight is 406 g/mol. The summed E-state index contributed by atoms with van der Waals surface area (Å²) in [5.74, 6) is 0.274. The van der Waals surface area contributed by atoms with Crippen LogP contribution in [0.4, 0.5) is 4.79 Å². The van der Waals surface area contributed by atoms with Gasteiger partial charge < -0.3 is 19.4 Å². The Morgan fingerprint density at radius 2 is 1.45 bits per heavy atom. The van der Waals surface area contributed by atoms with Crippen LogP contribution in [0.2, 0.25) is 0 Å². The summed E-state index contributed by atoms with van der Waals surface area (Å²) >= 11 is 0. The van der Waals surface area contributed by atoms with Crippen molar-refractivity contribution in [3.05, 3.63) is 0 Å². The standard InChI is InChI=1S/C23H39N3O3/c1-3-29-23(28)26-20-9-10-21(26)16-22(15-20)24-13-11-19(12-14-24)25(17(2)27)18-7-5-4-6-8-18/h18-22H,3-16H2,1-2H3. The molecule has 3 aliphatic heterocycles. The van der Waals surface area contributed by atoms with Gasteiger partial charge in [0.1, 0.15) is 0 Å². The van der Waals surface area contributed by atoms with Crippen LogP contribution in [-0.4, -0.2) is 76.6 Å². The molecule has 2 bridgehead atoms. The largest absolute Gasteiger partial charge is 0.450 e. The first-order valence-corrected chi connectivity index (χ1v) is 12.1. The molecule has 0 aromatic heterocycles. The van der Waals surface area contributed by atoms with Gasteiger partial charge in [0.2, 0.25) is 5.91 Å². The lowest BCUT2D eigenvalue weighted by atomic mass is 9.90. The summed E-state index contributed by atoms with van der Waals surface area (Å²) in [5, 5.41) is 0. The fourth-order valence-corrected chi connectivity index (χ4v) is 6.64. The van der Waals surface area contributed by atoms with E-state index in [1.165, 1.54) is 32.1 Å². The number of carbonyl (C=O) groups is 2. The lowest BCUT2D eigenvalue weighted by molar-refractivity contribution is -0.136. The number of amides is 2. The van der Waals surface area contributed by atoms with Gasteiger partial charge in [0.25, 0.3) is 0 Å². The van der Waals surface area contributed by atoms with Gasteiger partial charge in [-0.25, -0.2) is 4.79 Å². The Labute approximate surface area is 175 Å². The third-order valence-corrected chi connectivity index (χ3v) is 7.93. The lowest BCUT2D eigenvalue weighted by Crippen LogP contribution is -2.56. The van der Waals surface area contributed by atoms with E-state index in [2.05, 4.69) is 9.80 Å². The molecule has 2 unspecified atom stereocenters. The number of nitrogens with zero attached hydrogens (tertiary/aromatic N) is 3. The zero-order valence-electron chi connectivity index (χ0n) is 18.4. The first-order valence-electron chi connectivity index (χ1n) is 12.1. The van der Waals surface area contributed by atoms with Gasteiger partial charge in [-0.05, 0) is 58.3 Å². The molecular formula is C23H39N3O3. The molecule has 6 heteroatoms. The number of likely N-dealkylation sites (tertiary alicyclic amines) is 1. The van der Waals surface area contributed by atoms with Crippen molar-refractivity contribution in [3.63, 3.8) is 0 Å². The van der Waals surface area contributed by atoms with Crippen molar-refractivity contribution in [1.29, 1.82) is 0 Å². The van der Waals surface area contributed by atoms with Gasteiger partial charge in [-0.2, -0.15) is 0 Å². The molecule has 2 amide bonds. The number of ether oxygens (including phenoxy) is 1. The van der Waals surface area contributed by atoms with Gasteiger partial charge in [-0.15, -0.1) is 0 Å². The summed E-state index contributed by atoms with van der Waals surface area (Å²) < 4.78 is 5.30. The van der Waals surface area contributed by atoms with Crippen LogP contribution in [0.5, 0.6) is 0 Å². The van der Waals surface area contributed by atoms with E-state index < -0.39 is 0 Å². The molecule has 4 rings (SSSR count). The van der Waals surface area contributed by atoms with Crippen LogP contribution in [-0.2, 0) is 9.53 Å². The van der Waals surface area contributed by atoms with Gasteiger partial charge >= 0.3 is 6.09 Å². The molecule has 3 heterocycles. The highest BCUT2D eigenvalue weighted by Gasteiger charge is 2.46. The third-order valence-electron chi connectivity index (χ3n) is 7.93. The van der Waals surface area contributed by atoms with Crippen molar-refractivity contribution in [3.8, 4) is 0 Å². The van der Waals surface area contributed by atoms with Crippen LogP contribution >= 0.6 is 0 Å². The molecule has 1 saturated carbocycles. The fraction of sp³-hybridized carbons (Fsp3) is 0.913. The zero-order chi connectivity index (χ0) is 20.4. The van der Waals surface area contributed by atoms with Crippen molar-refractivity contribution in [2.45, 2.75) is 115 Å². The van der Waals surface area contributed by atoms with E-state index in [4.69, 9.17) is 4.74 Å². The summed E-state index contributed by atoms with van der Waals surface area (Å²) in [5.41, 5.74) is 0. The predicted octanol–water partition coefficient (Wildman–Crippen LogP) is 3.78. The first-order chi connectivity index (χ1) is 14.1. The molecule has 3 saturated heterocycles. The predicted molar refractivity (Wildman–Crippen MR) is 113 cm³/mol. The van der Waals surface area contributed by atoms with Gasteiger partial charge in [-0.3, -0.25) is 4.79 Å². The number of hydrogen-bond acceptors (Lipinski definition) is 4. The molecule has 0 aromatic carbocycles. The Morgan fingerprint density at radius 1 is 0.862 bits per heavy atom. The number of fused-ring (bicyclic) bond motifs is 2. The van der Waals surface area contributed by atoms with Crippen LogP contribution in [0.25, 0.3) is 0 Å². The van der Waals surface area contributed by atoms with Crippen LogP contribution in [0.15, 0.2) is 0 Å². The van der Waals surface area contributed by atoms with E-state index in [-0.39, 0.29) is 12.0 Å². The van der Waals surface area contributed by atoms with Crippen molar-refractivity contribution >= 4 is 12.0 Å². The normalized spacial score (nSPS) is 31.7. The van der Waals surface area contributed by atoms with Crippen LogP contribution in [0.3, 0.4) is 0 Å². The minimum Gasteiger partial charge on any atom is -0.450 e. The quantitative estimate of drug-likeness (QED) is 0.714. The second-order valence-corrected chi connectivity index (χ2v) is 9.60. The van der Waals surface area contributed by atoms with Crippen molar-refractivity contribution in [1.82, 2.24) is 14.7 Å². The van der Waals surface area contributed by atoms with Gasteiger partial charge in [-0.1, -0.05) is 19.3 Å². The number of carbonyl (C=O) groups excluding carboxylic acids is 2. The minimum absolute atomic E-state index is 0.109. The summed E-state index contributed by atoms with van der Waals surface area (Å²) in [6, 6.07) is 2.18. The highest BCUT2D eigenvalue weighted by atomic mass is 16.6. The smallest absolute Gasteiger partial charge is 0.410 e. The molecule has 0 aromatic rings. The molecular weight excluding hydrogens is 366 g/mol. The first kappa shape index (κ1) is 21.0. The zero-order valence-corrected chi connectivity index (χ0v) is 18.4. The minimum atomic E-state index is -0.109. The lowest BCUT2D eigenvalue weighted by Gasteiger charge is -2.47. The number of piperidine rings is 2. The second kappa shape index (κ2) is 9.23. The Balaban J connectivity index is 1.32. The highest BCUT2D eigenvalue weighted by Crippen LogP contribution is 2.39. The number of rotatable bonds is 4. The molecule has 6 nitrogen and oxygen atoms in total. The Bertz CT molecular complexity index is 570. The number of hydrogen-bond donors (Lipinski definition) is 0. The SMILES string of the molecule is CCOC(=O)N1C2CCC1CC(N1CCC(N(C(C)=O)C3CCCCC3)CC1)C2. The molecule has 29 heavy (non-hydrogen) atoms. The van der Waals surface area contributed by atoms with E-state index in [1.54, 1.807) is 6.92 Å². The second-order valence-electron chi connectivity index (χ2n) is 9.60. The molecule has 164 valence electrons. The van der Waals surface area contributed by atoms with E-state index in [0.29, 0.717) is 36.8 Å². The Hall–Kier alpha value is -1.30. The van der Waals surface area contributed by atoms with E-state index in [9.17, 15) is 9.59 Å². The van der Waals surface area contributed by atoms with E-state index in [0.717, 1.165) is 51.6 Å². The molecule has 4 aliphatic rings. The van der Waals surface area contributed by atoms with Crippen LogP contribution in [0.1, 0.15) is 84.5 Å². The van der Waals surface area contributed by atoms with Crippen LogP contribution < -0.4 is 0 Å². The topological polar surface area (TPSA) is 53.1 Å². The average Bonchev–Trinajstić information content (AvgIpc) is 2.99. The maximum Gasteiger partial charge on any atom is 0.410 e. The summed E-state index contributed by atoms with van der Waals surface area (Å²) in [6.07, 6.45) is 12.8. The van der Waals surface area contributed by atoms with Gasteiger partial charge in [0, 0.05) is 50.2 Å². The van der Waals surface area contributed by atoms with E-state index in [1.807, 2.05) is 11.8 Å². The highest BCUT2D eigenvalue weighted by molar-refractivity contribution is 5.74. The van der Waals surface area contributed by atoms with Crippen molar-refractivity contribution in [2.75, 3.05) is 19.7 Å². The molecule has 4 fully saturated rings.